The number of nitrogen functional groups attached to an aromatic ring is 1. The largest absolute Gasteiger partial charge is 0.399 e. The lowest BCUT2D eigenvalue weighted by molar-refractivity contribution is -0.123. The first kappa shape index (κ1) is 12.0. The molecule has 1 fully saturated rings. The summed E-state index contributed by atoms with van der Waals surface area (Å²) in [6, 6.07) is 7.71. The van der Waals surface area contributed by atoms with Gasteiger partial charge in [0.05, 0.1) is 6.04 Å². The topological polar surface area (TPSA) is 55.1 Å². The zero-order chi connectivity index (χ0) is 12.3. The molecule has 1 atom stereocenters. The van der Waals surface area contributed by atoms with Crippen LogP contribution in [-0.2, 0) is 4.79 Å². The number of amides is 1. The van der Waals surface area contributed by atoms with Crippen molar-refractivity contribution in [1.29, 1.82) is 0 Å². The summed E-state index contributed by atoms with van der Waals surface area (Å²) in [5.41, 5.74) is 7.48. The highest BCUT2D eigenvalue weighted by molar-refractivity contribution is 5.76. The molecule has 17 heavy (non-hydrogen) atoms. The number of anilines is 1. The second kappa shape index (κ2) is 5.21. The lowest BCUT2D eigenvalue weighted by Gasteiger charge is -2.25. The number of carbonyl (C=O) groups is 1. The number of hydrogen-bond acceptors (Lipinski definition) is 2. The average Bonchev–Trinajstić information content (AvgIpc) is 2.24. The van der Waals surface area contributed by atoms with Gasteiger partial charge in [0.15, 0.2) is 0 Å². The molecule has 1 amide bonds. The van der Waals surface area contributed by atoms with E-state index in [0.717, 1.165) is 11.3 Å². The normalized spacial score (nSPS) is 17.2. The SMILES string of the molecule is CC(NC(=O)CC1CCC1)c1ccc(N)cc1. The van der Waals surface area contributed by atoms with Crippen LogP contribution in [0.25, 0.3) is 0 Å². The minimum atomic E-state index is 0.0585. The average molecular weight is 232 g/mol. The van der Waals surface area contributed by atoms with Crippen LogP contribution >= 0.6 is 0 Å². The van der Waals surface area contributed by atoms with E-state index in [0.29, 0.717) is 12.3 Å². The fourth-order valence-corrected chi connectivity index (χ4v) is 2.13. The van der Waals surface area contributed by atoms with Gasteiger partial charge in [0.1, 0.15) is 0 Å². The molecule has 3 heteroatoms. The molecule has 0 aromatic heterocycles. The van der Waals surface area contributed by atoms with Crippen LogP contribution < -0.4 is 11.1 Å². The van der Waals surface area contributed by atoms with Crippen LogP contribution in [0.3, 0.4) is 0 Å². The summed E-state index contributed by atoms with van der Waals surface area (Å²) in [6.07, 6.45) is 4.39. The first-order chi connectivity index (χ1) is 8.15. The summed E-state index contributed by atoms with van der Waals surface area (Å²) in [5.74, 6) is 0.785. The van der Waals surface area contributed by atoms with Gasteiger partial charge >= 0.3 is 0 Å². The highest BCUT2D eigenvalue weighted by atomic mass is 16.1. The molecule has 3 N–H and O–H groups in total. The number of nitrogens with two attached hydrogens (primary N) is 1. The number of carbonyl (C=O) groups excluding carboxylic acids is 1. The standard InChI is InChI=1S/C14H20N2O/c1-10(12-5-7-13(15)8-6-12)16-14(17)9-11-3-2-4-11/h5-8,10-11H,2-4,9,15H2,1H3,(H,16,17). The third-order valence-electron chi connectivity index (χ3n) is 3.51. The number of benzene rings is 1. The van der Waals surface area contributed by atoms with Crippen molar-refractivity contribution in [3.63, 3.8) is 0 Å². The first-order valence-electron chi connectivity index (χ1n) is 6.30. The highest BCUT2D eigenvalue weighted by Crippen LogP contribution is 2.29. The number of nitrogens with one attached hydrogen (secondary N) is 1. The van der Waals surface area contributed by atoms with Crippen LogP contribution in [0, 0.1) is 5.92 Å². The second-order valence-corrected chi connectivity index (χ2v) is 4.96. The zero-order valence-electron chi connectivity index (χ0n) is 10.3. The van der Waals surface area contributed by atoms with Crippen molar-refractivity contribution in [2.75, 3.05) is 5.73 Å². The molecule has 1 aliphatic carbocycles. The Morgan fingerprint density at radius 2 is 2.06 bits per heavy atom. The smallest absolute Gasteiger partial charge is 0.220 e. The zero-order valence-corrected chi connectivity index (χ0v) is 10.3. The second-order valence-electron chi connectivity index (χ2n) is 4.96. The van der Waals surface area contributed by atoms with Crippen LogP contribution in [0.1, 0.15) is 44.2 Å². The fraction of sp³-hybridized carbons (Fsp3) is 0.500. The van der Waals surface area contributed by atoms with Crippen molar-refractivity contribution in [1.82, 2.24) is 5.32 Å². The van der Waals surface area contributed by atoms with E-state index in [1.54, 1.807) is 0 Å². The van der Waals surface area contributed by atoms with Crippen LogP contribution in [0.15, 0.2) is 24.3 Å². The molecule has 0 heterocycles. The van der Waals surface area contributed by atoms with Gasteiger partial charge in [0.2, 0.25) is 5.91 Å². The van der Waals surface area contributed by atoms with Gasteiger partial charge in [0.25, 0.3) is 0 Å². The molecule has 0 spiro atoms. The Morgan fingerprint density at radius 3 is 2.59 bits per heavy atom. The van der Waals surface area contributed by atoms with Gasteiger partial charge in [-0.1, -0.05) is 18.6 Å². The van der Waals surface area contributed by atoms with Crippen molar-refractivity contribution >= 4 is 11.6 Å². The molecule has 0 aliphatic heterocycles. The Morgan fingerprint density at radius 1 is 1.41 bits per heavy atom. The van der Waals surface area contributed by atoms with Crippen LogP contribution in [-0.4, -0.2) is 5.91 Å². The molecule has 1 aliphatic rings. The third kappa shape index (κ3) is 3.22. The quantitative estimate of drug-likeness (QED) is 0.784. The highest BCUT2D eigenvalue weighted by Gasteiger charge is 2.21. The lowest BCUT2D eigenvalue weighted by Crippen LogP contribution is -2.29. The van der Waals surface area contributed by atoms with Gasteiger partial charge in [-0.25, -0.2) is 0 Å². The van der Waals surface area contributed by atoms with Gasteiger partial charge < -0.3 is 11.1 Å². The van der Waals surface area contributed by atoms with Gasteiger partial charge in [-0.2, -0.15) is 0 Å². The van der Waals surface area contributed by atoms with E-state index in [-0.39, 0.29) is 11.9 Å². The Balaban J connectivity index is 1.84. The summed E-state index contributed by atoms with van der Waals surface area (Å²) in [5, 5.41) is 3.03. The van der Waals surface area contributed by atoms with E-state index in [1.165, 1.54) is 19.3 Å². The number of hydrogen-bond donors (Lipinski definition) is 2. The molecule has 0 saturated heterocycles. The van der Waals surface area contributed by atoms with Gasteiger partial charge in [-0.05, 0) is 43.4 Å². The first-order valence-corrected chi connectivity index (χ1v) is 6.30. The Hall–Kier alpha value is -1.51. The molecule has 1 aromatic rings. The predicted octanol–water partition coefficient (Wildman–Crippen LogP) is 2.64. The van der Waals surface area contributed by atoms with E-state index in [9.17, 15) is 4.79 Å². The van der Waals surface area contributed by atoms with Crippen molar-refractivity contribution in [3.8, 4) is 0 Å². The Kier molecular flexibility index (Phi) is 3.67. The monoisotopic (exact) mass is 232 g/mol. The van der Waals surface area contributed by atoms with Crippen LogP contribution in [0.4, 0.5) is 5.69 Å². The molecule has 2 rings (SSSR count). The maximum absolute atomic E-state index is 11.8. The van der Waals surface area contributed by atoms with E-state index < -0.39 is 0 Å². The third-order valence-corrected chi connectivity index (χ3v) is 3.51. The minimum absolute atomic E-state index is 0.0585. The predicted molar refractivity (Wildman–Crippen MR) is 69.4 cm³/mol. The summed E-state index contributed by atoms with van der Waals surface area (Å²) in [7, 11) is 0. The summed E-state index contributed by atoms with van der Waals surface area (Å²) in [4.78, 5) is 11.8. The van der Waals surface area contributed by atoms with Gasteiger partial charge in [0, 0.05) is 12.1 Å². The molecular weight excluding hydrogens is 212 g/mol. The summed E-state index contributed by atoms with van der Waals surface area (Å²) in [6.45, 7) is 2.00. The van der Waals surface area contributed by atoms with Crippen LogP contribution in [0.2, 0.25) is 0 Å². The summed E-state index contributed by atoms with van der Waals surface area (Å²) < 4.78 is 0. The molecule has 1 unspecified atom stereocenters. The minimum Gasteiger partial charge on any atom is -0.399 e. The fourth-order valence-electron chi connectivity index (χ4n) is 2.13. The summed E-state index contributed by atoms with van der Waals surface area (Å²) >= 11 is 0. The van der Waals surface area contributed by atoms with Crippen molar-refractivity contribution < 1.29 is 4.79 Å². The molecular formula is C14H20N2O. The Bertz CT molecular complexity index is 382. The Labute approximate surface area is 102 Å². The van der Waals surface area contributed by atoms with Gasteiger partial charge in [-0.15, -0.1) is 0 Å². The van der Waals surface area contributed by atoms with Crippen molar-refractivity contribution in [3.05, 3.63) is 29.8 Å². The van der Waals surface area contributed by atoms with Crippen molar-refractivity contribution in [2.45, 2.75) is 38.6 Å². The van der Waals surface area contributed by atoms with E-state index in [2.05, 4.69) is 5.32 Å². The van der Waals surface area contributed by atoms with E-state index in [4.69, 9.17) is 5.73 Å². The lowest BCUT2D eigenvalue weighted by atomic mass is 9.83. The van der Waals surface area contributed by atoms with Gasteiger partial charge in [-0.3, -0.25) is 4.79 Å². The number of rotatable bonds is 4. The van der Waals surface area contributed by atoms with Crippen molar-refractivity contribution in [2.24, 2.45) is 5.92 Å². The molecule has 0 bridgehead atoms. The van der Waals surface area contributed by atoms with E-state index in [1.807, 2.05) is 31.2 Å². The molecule has 0 radical (unpaired) electrons. The molecule has 92 valence electrons. The molecule has 3 nitrogen and oxygen atoms in total. The van der Waals surface area contributed by atoms with Crippen LogP contribution in [0.5, 0.6) is 0 Å². The molecule has 1 aromatic carbocycles. The molecule has 1 saturated carbocycles. The van der Waals surface area contributed by atoms with E-state index >= 15 is 0 Å². The maximum Gasteiger partial charge on any atom is 0.220 e. The maximum atomic E-state index is 11.8.